The molecule has 1 nitrogen and oxygen atoms in total. The molecule has 25 heavy (non-hydrogen) atoms. The molecule has 1 unspecified atom stereocenters. The average molecular weight is 351 g/mol. The van der Waals surface area contributed by atoms with E-state index in [1.54, 1.807) is 6.92 Å². The number of carbonyl (C=O) groups is 1. The van der Waals surface area contributed by atoms with Gasteiger partial charge >= 0.3 is 0 Å². The summed E-state index contributed by atoms with van der Waals surface area (Å²) in [6.45, 7) is 20.5. The largest absolute Gasteiger partial charge is 0.300 e. The van der Waals surface area contributed by atoms with Crippen molar-refractivity contribution >= 4 is 5.78 Å². The van der Waals surface area contributed by atoms with Gasteiger partial charge in [-0.1, -0.05) is 92.9 Å². The summed E-state index contributed by atoms with van der Waals surface area (Å²) in [6.07, 6.45) is 6.57. The monoisotopic (exact) mass is 350 g/mol. The molecule has 0 amide bonds. The van der Waals surface area contributed by atoms with Crippen molar-refractivity contribution < 1.29 is 4.79 Å². The second kappa shape index (κ2) is 20.9. The Morgan fingerprint density at radius 1 is 0.960 bits per heavy atom. The Labute approximate surface area is 159 Å². The van der Waals surface area contributed by atoms with Gasteiger partial charge in [-0.25, -0.2) is 0 Å². The first kappa shape index (κ1) is 28.7. The number of carbonyl (C=O) groups excluding carboxylic acids is 1. The molecule has 0 saturated heterocycles. The smallest absolute Gasteiger partial charge is 0.133 e. The van der Waals surface area contributed by atoms with Crippen LogP contribution in [0.15, 0.2) is 18.2 Å². The molecular weight excluding hydrogens is 304 g/mol. The number of benzene rings is 1. The summed E-state index contributed by atoms with van der Waals surface area (Å²) in [6, 6.07) is 6.71. The molecule has 0 fully saturated rings. The Kier molecular flexibility index (Phi) is 24.0. The SMILES string of the molecule is CC.CC.CCC.CCCc1ccc(CC(CCC)C(C)=O)c(C)c1. The van der Waals surface area contributed by atoms with Crippen LogP contribution in [0.25, 0.3) is 0 Å². The van der Waals surface area contributed by atoms with Crippen molar-refractivity contribution in [2.24, 2.45) is 5.92 Å². The first-order valence-electron chi connectivity index (χ1n) is 10.6. The number of aryl methyl sites for hydroxylation is 2. The van der Waals surface area contributed by atoms with Crippen LogP contribution in [-0.2, 0) is 17.6 Å². The van der Waals surface area contributed by atoms with Crippen molar-refractivity contribution in [1.29, 1.82) is 0 Å². The van der Waals surface area contributed by atoms with Gasteiger partial charge in [0.15, 0.2) is 0 Å². The highest BCUT2D eigenvalue weighted by molar-refractivity contribution is 5.78. The highest BCUT2D eigenvalue weighted by atomic mass is 16.1. The van der Waals surface area contributed by atoms with Crippen molar-refractivity contribution in [2.45, 2.75) is 108 Å². The Morgan fingerprint density at radius 3 is 1.84 bits per heavy atom. The zero-order valence-electron chi connectivity index (χ0n) is 19.0. The van der Waals surface area contributed by atoms with Crippen LogP contribution in [0.4, 0.5) is 0 Å². The summed E-state index contributed by atoms with van der Waals surface area (Å²) in [5.41, 5.74) is 4.08. The topological polar surface area (TPSA) is 17.1 Å². The second-order valence-corrected chi connectivity index (χ2v) is 6.02. The van der Waals surface area contributed by atoms with Gasteiger partial charge in [0.05, 0.1) is 0 Å². The molecule has 0 aliphatic rings. The molecule has 148 valence electrons. The predicted octanol–water partition coefficient (Wildman–Crippen LogP) is 7.96. The van der Waals surface area contributed by atoms with Crippen molar-refractivity contribution in [1.82, 2.24) is 0 Å². The molecule has 1 rings (SSSR count). The number of Topliss-reactive ketones (excluding diaryl/α,β-unsaturated/α-hetero) is 1. The van der Waals surface area contributed by atoms with Crippen LogP contribution in [0.2, 0.25) is 0 Å². The van der Waals surface area contributed by atoms with Gasteiger partial charge in [-0.2, -0.15) is 0 Å². The van der Waals surface area contributed by atoms with E-state index in [-0.39, 0.29) is 5.92 Å². The number of ketones is 1. The fourth-order valence-corrected chi connectivity index (χ4v) is 2.49. The van der Waals surface area contributed by atoms with Crippen LogP contribution in [0.3, 0.4) is 0 Å². The summed E-state index contributed by atoms with van der Waals surface area (Å²) >= 11 is 0. The fourth-order valence-electron chi connectivity index (χ4n) is 2.49. The highest BCUT2D eigenvalue weighted by Crippen LogP contribution is 2.20. The van der Waals surface area contributed by atoms with Gasteiger partial charge in [0.25, 0.3) is 0 Å². The van der Waals surface area contributed by atoms with Crippen LogP contribution in [0.1, 0.15) is 105 Å². The van der Waals surface area contributed by atoms with E-state index in [4.69, 9.17) is 0 Å². The average Bonchev–Trinajstić information content (AvgIpc) is 2.61. The molecule has 1 aromatic carbocycles. The number of hydrogen-bond donors (Lipinski definition) is 0. The molecule has 0 aliphatic carbocycles. The lowest BCUT2D eigenvalue weighted by Gasteiger charge is -2.15. The first-order chi connectivity index (χ1) is 12.0. The lowest BCUT2D eigenvalue weighted by molar-refractivity contribution is -0.120. The minimum atomic E-state index is 0.200. The second-order valence-electron chi connectivity index (χ2n) is 6.02. The molecular formula is C24H46O. The molecule has 0 spiro atoms. The van der Waals surface area contributed by atoms with E-state index in [9.17, 15) is 4.79 Å². The van der Waals surface area contributed by atoms with Crippen molar-refractivity contribution in [3.05, 3.63) is 34.9 Å². The zero-order valence-corrected chi connectivity index (χ0v) is 19.0. The molecule has 1 heteroatoms. The summed E-state index contributed by atoms with van der Waals surface area (Å²) in [5.74, 6) is 0.527. The van der Waals surface area contributed by atoms with Crippen LogP contribution in [-0.4, -0.2) is 5.78 Å². The third-order valence-corrected chi connectivity index (χ3v) is 3.62. The van der Waals surface area contributed by atoms with Crippen LogP contribution in [0, 0.1) is 12.8 Å². The first-order valence-corrected chi connectivity index (χ1v) is 10.6. The Bertz CT molecular complexity index is 407. The van der Waals surface area contributed by atoms with Gasteiger partial charge in [-0.05, 0) is 49.8 Å². The number of rotatable bonds is 7. The molecule has 0 N–H and O–H groups in total. The van der Waals surface area contributed by atoms with Crippen LogP contribution >= 0.6 is 0 Å². The molecule has 1 aromatic rings. The Morgan fingerprint density at radius 2 is 1.48 bits per heavy atom. The van der Waals surface area contributed by atoms with E-state index >= 15 is 0 Å². The number of hydrogen-bond acceptors (Lipinski definition) is 1. The van der Waals surface area contributed by atoms with Gasteiger partial charge in [0.2, 0.25) is 0 Å². The van der Waals surface area contributed by atoms with Crippen LogP contribution in [0.5, 0.6) is 0 Å². The maximum Gasteiger partial charge on any atom is 0.133 e. The van der Waals surface area contributed by atoms with E-state index in [1.165, 1.54) is 29.5 Å². The predicted molar refractivity (Wildman–Crippen MR) is 117 cm³/mol. The molecule has 0 heterocycles. The minimum absolute atomic E-state index is 0.200. The van der Waals surface area contributed by atoms with Crippen LogP contribution < -0.4 is 0 Å². The molecule has 0 aliphatic heterocycles. The Balaban J connectivity index is -0.000000605. The third kappa shape index (κ3) is 14.9. The quantitative estimate of drug-likeness (QED) is 0.487. The molecule has 1 atom stereocenters. The van der Waals surface area contributed by atoms with E-state index in [0.717, 1.165) is 25.7 Å². The Hall–Kier alpha value is -1.11. The lowest BCUT2D eigenvalue weighted by atomic mass is 9.89. The summed E-state index contributed by atoms with van der Waals surface area (Å²) in [5, 5.41) is 0. The summed E-state index contributed by atoms with van der Waals surface area (Å²) in [4.78, 5) is 11.6. The van der Waals surface area contributed by atoms with Gasteiger partial charge in [-0.3, -0.25) is 4.79 Å². The molecule has 0 radical (unpaired) electrons. The van der Waals surface area contributed by atoms with Crippen molar-refractivity contribution in [2.75, 3.05) is 0 Å². The van der Waals surface area contributed by atoms with Gasteiger partial charge in [-0.15, -0.1) is 0 Å². The van der Waals surface area contributed by atoms with E-state index < -0.39 is 0 Å². The van der Waals surface area contributed by atoms with E-state index in [1.807, 2.05) is 27.7 Å². The maximum atomic E-state index is 11.6. The van der Waals surface area contributed by atoms with E-state index in [2.05, 4.69) is 52.8 Å². The lowest BCUT2D eigenvalue weighted by Crippen LogP contribution is -2.14. The molecule has 0 bridgehead atoms. The third-order valence-electron chi connectivity index (χ3n) is 3.62. The van der Waals surface area contributed by atoms with Crippen molar-refractivity contribution in [3.8, 4) is 0 Å². The van der Waals surface area contributed by atoms with Gasteiger partial charge in [0.1, 0.15) is 5.78 Å². The zero-order chi connectivity index (χ0) is 20.3. The summed E-state index contributed by atoms with van der Waals surface area (Å²) in [7, 11) is 0. The van der Waals surface area contributed by atoms with Crippen molar-refractivity contribution in [3.63, 3.8) is 0 Å². The van der Waals surface area contributed by atoms with Gasteiger partial charge in [0, 0.05) is 5.92 Å². The summed E-state index contributed by atoms with van der Waals surface area (Å²) < 4.78 is 0. The normalized spacial score (nSPS) is 10.2. The standard InChI is InChI=1S/C17H26O.C3H8.2C2H6/c1-5-7-15-9-10-16(13(3)11-15)12-17(8-6-2)14(4)18;1-3-2;2*1-2/h9-11,17H,5-8,12H2,1-4H3;3H2,1-2H3;2*1-2H3. The van der Waals surface area contributed by atoms with Gasteiger partial charge < -0.3 is 0 Å². The minimum Gasteiger partial charge on any atom is -0.300 e. The molecule has 0 aromatic heterocycles. The highest BCUT2D eigenvalue weighted by Gasteiger charge is 2.14. The van der Waals surface area contributed by atoms with E-state index in [0.29, 0.717) is 5.78 Å². The fraction of sp³-hybridized carbons (Fsp3) is 0.708. The molecule has 0 saturated carbocycles. The maximum absolute atomic E-state index is 11.6.